The fourth-order valence-electron chi connectivity index (χ4n) is 2.76. The van der Waals surface area contributed by atoms with Gasteiger partial charge < -0.3 is 10.5 Å². The van der Waals surface area contributed by atoms with E-state index in [1.807, 2.05) is 18.2 Å². The third-order valence-corrected chi connectivity index (χ3v) is 4.00. The van der Waals surface area contributed by atoms with Gasteiger partial charge in [-0.1, -0.05) is 13.8 Å². The smallest absolute Gasteiger partial charge is 0.134 e. The van der Waals surface area contributed by atoms with Crippen molar-refractivity contribution >= 4 is 21.6 Å². The number of nitrogen functional groups attached to an aromatic ring is 1. The quantitative estimate of drug-likeness (QED) is 0.829. The summed E-state index contributed by atoms with van der Waals surface area (Å²) < 4.78 is 7.03. The van der Waals surface area contributed by atoms with Crippen molar-refractivity contribution in [3.63, 3.8) is 0 Å². The summed E-state index contributed by atoms with van der Waals surface area (Å²) >= 11 is 3.50. The Bertz CT molecular complexity index is 384. The number of hydrogen-bond donors (Lipinski definition) is 1. The van der Waals surface area contributed by atoms with Crippen LogP contribution in [0, 0.1) is 11.8 Å². The van der Waals surface area contributed by atoms with Crippen molar-refractivity contribution < 1.29 is 4.74 Å². The van der Waals surface area contributed by atoms with E-state index in [1.165, 1.54) is 6.42 Å². The monoisotopic (exact) mass is 297 g/mol. The summed E-state index contributed by atoms with van der Waals surface area (Å²) in [6.07, 6.45) is 3.97. The Morgan fingerprint density at radius 1 is 1.18 bits per heavy atom. The predicted octanol–water partition coefficient (Wildman–Crippen LogP) is 4.23. The molecule has 0 spiro atoms. The summed E-state index contributed by atoms with van der Waals surface area (Å²) in [7, 11) is 0. The molecule has 3 heteroatoms. The first-order valence-corrected chi connectivity index (χ1v) is 7.05. The van der Waals surface area contributed by atoms with E-state index >= 15 is 0 Å². The highest BCUT2D eigenvalue weighted by molar-refractivity contribution is 9.10. The number of ether oxygens (including phenoxy) is 1. The topological polar surface area (TPSA) is 35.2 Å². The number of nitrogens with two attached hydrogens (primary N) is 1. The van der Waals surface area contributed by atoms with Gasteiger partial charge in [0.15, 0.2) is 0 Å². The second-order valence-electron chi connectivity index (χ2n) is 5.35. The van der Waals surface area contributed by atoms with Gasteiger partial charge in [-0.25, -0.2) is 0 Å². The fourth-order valence-corrected chi connectivity index (χ4v) is 3.25. The van der Waals surface area contributed by atoms with E-state index in [-0.39, 0.29) is 0 Å². The largest absolute Gasteiger partial charge is 0.489 e. The highest BCUT2D eigenvalue weighted by Gasteiger charge is 2.25. The molecule has 0 heterocycles. The Hall–Kier alpha value is -0.700. The fraction of sp³-hybridized carbons (Fsp3) is 0.571. The van der Waals surface area contributed by atoms with E-state index in [2.05, 4.69) is 29.8 Å². The maximum absolute atomic E-state index is 6.08. The van der Waals surface area contributed by atoms with Gasteiger partial charge in [0.1, 0.15) is 5.75 Å². The van der Waals surface area contributed by atoms with Gasteiger partial charge >= 0.3 is 0 Å². The average molecular weight is 298 g/mol. The molecule has 1 aromatic carbocycles. The normalized spacial score (nSPS) is 29.0. The van der Waals surface area contributed by atoms with Crippen molar-refractivity contribution in [1.29, 1.82) is 0 Å². The van der Waals surface area contributed by atoms with Crippen molar-refractivity contribution in [3.05, 3.63) is 22.7 Å². The first kappa shape index (κ1) is 12.7. The lowest BCUT2D eigenvalue weighted by Crippen LogP contribution is -2.28. The van der Waals surface area contributed by atoms with Gasteiger partial charge in [-0.05, 0) is 65.2 Å². The van der Waals surface area contributed by atoms with Gasteiger partial charge in [-0.3, -0.25) is 0 Å². The third kappa shape index (κ3) is 3.38. The molecule has 0 aliphatic heterocycles. The van der Waals surface area contributed by atoms with Gasteiger partial charge in [0, 0.05) is 5.69 Å². The highest BCUT2D eigenvalue weighted by Crippen LogP contribution is 2.34. The molecule has 0 aromatic heterocycles. The summed E-state index contributed by atoms with van der Waals surface area (Å²) in [6, 6.07) is 5.73. The van der Waals surface area contributed by atoms with E-state index in [0.29, 0.717) is 6.10 Å². The highest BCUT2D eigenvalue weighted by atomic mass is 79.9. The Balaban J connectivity index is 2.04. The van der Waals surface area contributed by atoms with Crippen LogP contribution >= 0.6 is 15.9 Å². The van der Waals surface area contributed by atoms with E-state index in [4.69, 9.17) is 10.5 Å². The van der Waals surface area contributed by atoms with Crippen molar-refractivity contribution in [3.8, 4) is 5.75 Å². The van der Waals surface area contributed by atoms with Crippen LogP contribution in [-0.2, 0) is 0 Å². The maximum Gasteiger partial charge on any atom is 0.134 e. The molecule has 17 heavy (non-hydrogen) atoms. The van der Waals surface area contributed by atoms with Gasteiger partial charge in [-0.15, -0.1) is 0 Å². The molecule has 0 radical (unpaired) electrons. The lowest BCUT2D eigenvalue weighted by atomic mass is 9.82. The van der Waals surface area contributed by atoms with E-state index in [9.17, 15) is 0 Å². The lowest BCUT2D eigenvalue weighted by molar-refractivity contribution is 0.100. The molecule has 0 saturated heterocycles. The molecule has 2 rings (SSSR count). The van der Waals surface area contributed by atoms with Crippen LogP contribution in [0.5, 0.6) is 5.75 Å². The minimum atomic E-state index is 0.341. The van der Waals surface area contributed by atoms with Gasteiger partial charge in [0.2, 0.25) is 0 Å². The van der Waals surface area contributed by atoms with E-state index in [0.717, 1.165) is 40.6 Å². The molecular formula is C14H20BrNO. The number of benzene rings is 1. The average Bonchev–Trinajstić information content (AvgIpc) is 2.21. The van der Waals surface area contributed by atoms with Crippen LogP contribution in [0.1, 0.15) is 33.1 Å². The maximum atomic E-state index is 6.08. The van der Waals surface area contributed by atoms with Crippen molar-refractivity contribution in [2.75, 3.05) is 5.73 Å². The molecule has 2 atom stereocenters. The summed E-state index contributed by atoms with van der Waals surface area (Å²) in [4.78, 5) is 0. The van der Waals surface area contributed by atoms with Gasteiger partial charge in [-0.2, -0.15) is 0 Å². The molecule has 2 N–H and O–H groups in total. The Morgan fingerprint density at radius 3 is 2.41 bits per heavy atom. The predicted molar refractivity (Wildman–Crippen MR) is 75.1 cm³/mol. The molecule has 1 fully saturated rings. The first-order chi connectivity index (χ1) is 8.04. The summed E-state index contributed by atoms with van der Waals surface area (Å²) in [5, 5.41) is 0. The molecule has 1 aliphatic carbocycles. The van der Waals surface area contributed by atoms with Gasteiger partial charge in [0.05, 0.1) is 10.6 Å². The molecule has 0 bridgehead atoms. The van der Waals surface area contributed by atoms with Crippen LogP contribution in [0.25, 0.3) is 0 Å². The van der Waals surface area contributed by atoms with E-state index < -0.39 is 0 Å². The SMILES string of the molecule is CC1CC(C)CC(Oc2ccc(N)cc2Br)C1. The first-order valence-electron chi connectivity index (χ1n) is 6.26. The van der Waals surface area contributed by atoms with Gasteiger partial charge in [0.25, 0.3) is 0 Å². The Morgan fingerprint density at radius 2 is 1.82 bits per heavy atom. The second-order valence-corrected chi connectivity index (χ2v) is 6.20. The van der Waals surface area contributed by atoms with Crippen molar-refractivity contribution in [2.45, 2.75) is 39.2 Å². The Kier molecular flexibility index (Phi) is 3.97. The zero-order chi connectivity index (χ0) is 12.4. The number of anilines is 1. The number of halogens is 1. The summed E-state index contributed by atoms with van der Waals surface area (Å²) in [5.41, 5.74) is 6.48. The van der Waals surface area contributed by atoms with Crippen LogP contribution in [0.2, 0.25) is 0 Å². The van der Waals surface area contributed by atoms with E-state index in [1.54, 1.807) is 0 Å². The molecule has 2 nitrogen and oxygen atoms in total. The van der Waals surface area contributed by atoms with Crippen LogP contribution < -0.4 is 10.5 Å². The van der Waals surface area contributed by atoms with Crippen LogP contribution in [0.4, 0.5) is 5.69 Å². The van der Waals surface area contributed by atoms with Crippen LogP contribution in [-0.4, -0.2) is 6.10 Å². The van der Waals surface area contributed by atoms with Crippen molar-refractivity contribution in [2.24, 2.45) is 11.8 Å². The molecule has 1 aliphatic rings. The van der Waals surface area contributed by atoms with Crippen LogP contribution in [0.15, 0.2) is 22.7 Å². The zero-order valence-electron chi connectivity index (χ0n) is 10.4. The number of hydrogen-bond acceptors (Lipinski definition) is 2. The Labute approximate surface area is 112 Å². The molecule has 1 aromatic rings. The van der Waals surface area contributed by atoms with Crippen molar-refractivity contribution in [1.82, 2.24) is 0 Å². The molecule has 94 valence electrons. The standard InChI is InChI=1S/C14H20BrNO/c1-9-5-10(2)7-12(6-9)17-14-4-3-11(16)8-13(14)15/h3-4,8-10,12H,5-7,16H2,1-2H3. The molecular weight excluding hydrogens is 278 g/mol. The minimum absolute atomic E-state index is 0.341. The molecule has 1 saturated carbocycles. The number of rotatable bonds is 2. The zero-order valence-corrected chi connectivity index (χ0v) is 12.0. The van der Waals surface area contributed by atoms with Crippen LogP contribution in [0.3, 0.4) is 0 Å². The second kappa shape index (κ2) is 5.30. The summed E-state index contributed by atoms with van der Waals surface area (Å²) in [5.74, 6) is 2.43. The minimum Gasteiger partial charge on any atom is -0.489 e. The lowest BCUT2D eigenvalue weighted by Gasteiger charge is -2.32. The third-order valence-electron chi connectivity index (χ3n) is 3.38. The summed E-state index contributed by atoms with van der Waals surface area (Å²) in [6.45, 7) is 4.62. The molecule has 0 amide bonds. The molecule has 2 unspecified atom stereocenters.